The number of aliphatic hydroxyl groups is 1. The van der Waals surface area contributed by atoms with Crippen LogP contribution in [0, 0.1) is 6.92 Å². The molecule has 4 nitrogen and oxygen atoms in total. The monoisotopic (exact) mass is 290 g/mol. The van der Waals surface area contributed by atoms with Gasteiger partial charge in [0.05, 0.1) is 12.1 Å². The van der Waals surface area contributed by atoms with E-state index in [0.29, 0.717) is 19.6 Å². The summed E-state index contributed by atoms with van der Waals surface area (Å²) in [5.41, 5.74) is 1.42. The lowest BCUT2D eigenvalue weighted by atomic mass is 9.95. The number of β-amino-alcohol motifs (C(OH)–C–C–N with tert-alkyl or cyclic N) is 1. The lowest BCUT2D eigenvalue weighted by Crippen LogP contribution is -2.50. The summed E-state index contributed by atoms with van der Waals surface area (Å²) in [6.45, 7) is 8.36. The highest BCUT2D eigenvalue weighted by atomic mass is 16.3. The molecule has 0 spiro atoms. The number of likely N-dealkylation sites (tertiary alicyclic amines) is 1. The molecule has 0 aliphatic carbocycles. The van der Waals surface area contributed by atoms with E-state index in [4.69, 9.17) is 0 Å². The van der Waals surface area contributed by atoms with Crippen LogP contribution in [0.15, 0.2) is 24.3 Å². The molecular formula is C17H26N2O2. The average molecular weight is 290 g/mol. The molecular weight excluding hydrogens is 264 g/mol. The van der Waals surface area contributed by atoms with Gasteiger partial charge in [0, 0.05) is 18.8 Å². The fourth-order valence-corrected chi connectivity index (χ4v) is 3.08. The van der Waals surface area contributed by atoms with Crippen molar-refractivity contribution in [2.24, 2.45) is 0 Å². The summed E-state index contributed by atoms with van der Waals surface area (Å²) < 4.78 is 0. The summed E-state index contributed by atoms with van der Waals surface area (Å²) in [6, 6.07) is 7.96. The van der Waals surface area contributed by atoms with Crippen LogP contribution in [0.3, 0.4) is 0 Å². The van der Waals surface area contributed by atoms with Crippen LogP contribution in [-0.2, 0) is 4.79 Å². The quantitative estimate of drug-likeness (QED) is 0.924. The second-order valence-electron chi connectivity index (χ2n) is 6.24. The highest BCUT2D eigenvalue weighted by Gasteiger charge is 2.30. The van der Waals surface area contributed by atoms with Crippen molar-refractivity contribution in [3.05, 3.63) is 29.8 Å². The number of nitrogens with zero attached hydrogens (tertiary/aromatic N) is 2. The number of carbonyl (C=O) groups excluding carboxylic acids is 1. The van der Waals surface area contributed by atoms with Gasteiger partial charge in [-0.1, -0.05) is 18.2 Å². The first kappa shape index (κ1) is 16.0. The maximum Gasteiger partial charge on any atom is 0.241 e. The van der Waals surface area contributed by atoms with Crippen molar-refractivity contribution in [3.63, 3.8) is 0 Å². The van der Waals surface area contributed by atoms with Gasteiger partial charge in [-0.05, 0) is 51.8 Å². The molecule has 1 amide bonds. The van der Waals surface area contributed by atoms with Crippen LogP contribution in [0.1, 0.15) is 32.3 Å². The van der Waals surface area contributed by atoms with Crippen molar-refractivity contribution >= 4 is 11.6 Å². The Bertz CT molecular complexity index is 499. The van der Waals surface area contributed by atoms with Crippen molar-refractivity contribution in [1.29, 1.82) is 0 Å². The number of anilines is 1. The van der Waals surface area contributed by atoms with E-state index in [1.54, 1.807) is 0 Å². The second-order valence-corrected chi connectivity index (χ2v) is 6.24. The zero-order valence-electron chi connectivity index (χ0n) is 13.3. The Hall–Kier alpha value is -1.39. The van der Waals surface area contributed by atoms with Gasteiger partial charge in [-0.25, -0.2) is 0 Å². The molecule has 1 saturated heterocycles. The molecule has 1 aromatic carbocycles. The summed E-state index contributed by atoms with van der Waals surface area (Å²) in [6.07, 6.45) is 1.75. The SMILES string of the molecule is CCN(C(=O)CN1CCCC(C)(O)C1)c1ccccc1C. The summed E-state index contributed by atoms with van der Waals surface area (Å²) in [7, 11) is 0. The third-order valence-corrected chi connectivity index (χ3v) is 4.14. The van der Waals surface area contributed by atoms with E-state index in [1.165, 1.54) is 0 Å². The minimum absolute atomic E-state index is 0.101. The molecule has 1 fully saturated rings. The van der Waals surface area contributed by atoms with Gasteiger partial charge in [0.1, 0.15) is 0 Å². The lowest BCUT2D eigenvalue weighted by molar-refractivity contribution is -0.121. The number of likely N-dealkylation sites (N-methyl/N-ethyl adjacent to an activating group) is 1. The van der Waals surface area contributed by atoms with Crippen LogP contribution in [0.4, 0.5) is 5.69 Å². The van der Waals surface area contributed by atoms with Gasteiger partial charge in [-0.2, -0.15) is 0 Å². The van der Waals surface area contributed by atoms with Crippen LogP contribution >= 0.6 is 0 Å². The molecule has 2 rings (SSSR count). The Morgan fingerprint density at radius 2 is 2.14 bits per heavy atom. The molecule has 0 saturated carbocycles. The number of piperidine rings is 1. The molecule has 1 atom stereocenters. The Kier molecular flexibility index (Phi) is 5.01. The Labute approximate surface area is 127 Å². The second kappa shape index (κ2) is 6.58. The van der Waals surface area contributed by atoms with Crippen LogP contribution < -0.4 is 4.90 Å². The van der Waals surface area contributed by atoms with Crippen LogP contribution in [-0.4, -0.2) is 47.7 Å². The van der Waals surface area contributed by atoms with Crippen molar-refractivity contribution < 1.29 is 9.90 Å². The first-order chi connectivity index (χ1) is 9.93. The molecule has 4 heteroatoms. The van der Waals surface area contributed by atoms with E-state index in [9.17, 15) is 9.90 Å². The van der Waals surface area contributed by atoms with Crippen LogP contribution in [0.2, 0.25) is 0 Å². The maximum atomic E-state index is 12.6. The predicted molar refractivity (Wildman–Crippen MR) is 85.5 cm³/mol. The lowest BCUT2D eigenvalue weighted by Gasteiger charge is -2.37. The van der Waals surface area contributed by atoms with Gasteiger partial charge in [0.2, 0.25) is 5.91 Å². The summed E-state index contributed by atoms with van der Waals surface area (Å²) >= 11 is 0. The fourth-order valence-electron chi connectivity index (χ4n) is 3.08. The number of hydrogen-bond acceptors (Lipinski definition) is 3. The van der Waals surface area contributed by atoms with Gasteiger partial charge < -0.3 is 10.0 Å². The van der Waals surface area contributed by atoms with Gasteiger partial charge >= 0.3 is 0 Å². The van der Waals surface area contributed by atoms with Gasteiger partial charge in [-0.3, -0.25) is 9.69 Å². The molecule has 1 aromatic rings. The Balaban J connectivity index is 2.06. The maximum absolute atomic E-state index is 12.6. The minimum atomic E-state index is -0.668. The largest absolute Gasteiger partial charge is 0.389 e. The molecule has 0 bridgehead atoms. The van der Waals surface area contributed by atoms with Gasteiger partial charge in [0.25, 0.3) is 0 Å². The first-order valence-electron chi connectivity index (χ1n) is 7.73. The van der Waals surface area contributed by atoms with Gasteiger partial charge in [-0.15, -0.1) is 0 Å². The molecule has 1 N–H and O–H groups in total. The number of benzene rings is 1. The van der Waals surface area contributed by atoms with E-state index in [2.05, 4.69) is 4.90 Å². The topological polar surface area (TPSA) is 43.8 Å². The number of carbonyl (C=O) groups is 1. The van der Waals surface area contributed by atoms with E-state index in [-0.39, 0.29) is 5.91 Å². The number of aryl methyl sites for hydroxylation is 1. The van der Waals surface area contributed by atoms with E-state index >= 15 is 0 Å². The van der Waals surface area contributed by atoms with E-state index in [0.717, 1.165) is 30.6 Å². The Morgan fingerprint density at radius 3 is 2.76 bits per heavy atom. The normalized spacial score (nSPS) is 23.0. The standard InChI is InChI=1S/C17H26N2O2/c1-4-19(15-9-6-5-8-14(15)2)16(20)12-18-11-7-10-17(3,21)13-18/h5-6,8-9,21H,4,7,10-13H2,1-3H3. The predicted octanol–water partition coefficient (Wildman–Crippen LogP) is 2.19. The molecule has 1 aliphatic heterocycles. The van der Waals surface area contributed by atoms with Crippen LogP contribution in [0.5, 0.6) is 0 Å². The molecule has 116 valence electrons. The van der Waals surface area contributed by atoms with Crippen LogP contribution in [0.25, 0.3) is 0 Å². The number of rotatable bonds is 4. The third kappa shape index (κ3) is 4.05. The number of hydrogen-bond donors (Lipinski definition) is 1. The molecule has 0 radical (unpaired) electrons. The van der Waals surface area contributed by atoms with E-state index < -0.39 is 5.60 Å². The number of amides is 1. The highest BCUT2D eigenvalue weighted by molar-refractivity contribution is 5.95. The molecule has 0 aromatic heterocycles. The molecule has 1 unspecified atom stereocenters. The average Bonchev–Trinajstić information content (AvgIpc) is 2.40. The zero-order chi connectivity index (χ0) is 15.5. The fraction of sp³-hybridized carbons (Fsp3) is 0.588. The Morgan fingerprint density at radius 1 is 1.43 bits per heavy atom. The summed E-state index contributed by atoms with van der Waals surface area (Å²) in [5, 5.41) is 10.1. The van der Waals surface area contributed by atoms with Crippen molar-refractivity contribution in [1.82, 2.24) is 4.90 Å². The zero-order valence-corrected chi connectivity index (χ0v) is 13.3. The van der Waals surface area contributed by atoms with Crippen molar-refractivity contribution in [2.45, 2.75) is 39.2 Å². The number of para-hydroxylation sites is 1. The summed E-state index contributed by atoms with van der Waals surface area (Å²) in [4.78, 5) is 16.5. The smallest absolute Gasteiger partial charge is 0.241 e. The molecule has 21 heavy (non-hydrogen) atoms. The molecule has 1 aliphatic rings. The van der Waals surface area contributed by atoms with Crippen molar-refractivity contribution in [2.75, 3.05) is 31.1 Å². The van der Waals surface area contributed by atoms with E-state index in [1.807, 2.05) is 49.9 Å². The first-order valence-corrected chi connectivity index (χ1v) is 7.73. The highest BCUT2D eigenvalue weighted by Crippen LogP contribution is 2.22. The summed E-state index contributed by atoms with van der Waals surface area (Å²) in [5.74, 6) is 0.101. The third-order valence-electron chi connectivity index (χ3n) is 4.14. The minimum Gasteiger partial charge on any atom is -0.389 e. The molecule has 1 heterocycles. The van der Waals surface area contributed by atoms with Gasteiger partial charge in [0.15, 0.2) is 0 Å². The van der Waals surface area contributed by atoms with Crippen molar-refractivity contribution in [3.8, 4) is 0 Å².